The van der Waals surface area contributed by atoms with E-state index in [1.807, 2.05) is 42.5 Å². The summed E-state index contributed by atoms with van der Waals surface area (Å²) < 4.78 is 10.8. The van der Waals surface area contributed by atoms with Crippen LogP contribution in [0.4, 0.5) is 10.7 Å². The molecule has 0 spiro atoms. The van der Waals surface area contributed by atoms with Crippen LogP contribution in [0.5, 0.6) is 5.75 Å². The molecule has 1 heterocycles. The number of methoxy groups -OCH3 is 1. The van der Waals surface area contributed by atoms with E-state index in [0.717, 1.165) is 35.3 Å². The highest BCUT2D eigenvalue weighted by Crippen LogP contribution is 2.42. The van der Waals surface area contributed by atoms with Gasteiger partial charge in [0.2, 0.25) is 5.91 Å². The standard InChI is InChI=1S/C43H41N3O6S2/c1-4-52-43(50)37-34-22-21-27(2)23-36(34)54-42(37)46-41(49)38(29-14-7-5-8-15-29)53-33-20-12-18-31(26-33)44-40(48)35(25-28-13-11-19-32(24-28)51-3)45-39(47)30-16-9-6-10-17-30/h5-20,24-27,38H,4,21-23H2,1-3H3,(H,44,48)(H,45,47)(H,46,49)/b35-25-. The van der Waals surface area contributed by atoms with E-state index in [1.54, 1.807) is 86.8 Å². The number of thiophene rings is 1. The molecule has 11 heteroatoms. The van der Waals surface area contributed by atoms with Crippen molar-refractivity contribution in [3.63, 3.8) is 0 Å². The Morgan fingerprint density at radius 3 is 2.39 bits per heavy atom. The molecule has 0 saturated carbocycles. The molecule has 2 unspecified atom stereocenters. The number of thioether (sulfide) groups is 1. The number of esters is 1. The second-order valence-corrected chi connectivity index (χ2v) is 15.1. The smallest absolute Gasteiger partial charge is 0.341 e. The van der Waals surface area contributed by atoms with Gasteiger partial charge in [0.1, 0.15) is 21.7 Å². The zero-order chi connectivity index (χ0) is 38.0. The molecule has 4 aromatic carbocycles. The number of anilines is 2. The van der Waals surface area contributed by atoms with Crippen molar-refractivity contribution in [2.45, 2.75) is 43.3 Å². The zero-order valence-electron chi connectivity index (χ0n) is 30.2. The molecule has 54 heavy (non-hydrogen) atoms. The van der Waals surface area contributed by atoms with E-state index in [-0.39, 0.29) is 18.2 Å². The minimum Gasteiger partial charge on any atom is -0.497 e. The largest absolute Gasteiger partial charge is 0.497 e. The summed E-state index contributed by atoms with van der Waals surface area (Å²) in [5.74, 6) is -0.595. The number of benzene rings is 4. The van der Waals surface area contributed by atoms with Gasteiger partial charge in [0.25, 0.3) is 11.8 Å². The SMILES string of the molecule is CCOC(=O)c1c(NC(=O)C(Sc2cccc(NC(=O)/C(=C/c3cccc(OC)c3)NC(=O)c3ccccc3)c2)c2ccccc2)sc2c1CCC(C)C2. The molecule has 1 aliphatic rings. The fourth-order valence-corrected chi connectivity index (χ4v) is 8.64. The number of hydrogen-bond acceptors (Lipinski definition) is 8. The van der Waals surface area contributed by atoms with Crippen molar-refractivity contribution in [2.24, 2.45) is 5.92 Å². The van der Waals surface area contributed by atoms with E-state index in [0.29, 0.717) is 43.9 Å². The van der Waals surface area contributed by atoms with Gasteiger partial charge in [-0.2, -0.15) is 0 Å². The average molecular weight is 760 g/mol. The lowest BCUT2D eigenvalue weighted by Crippen LogP contribution is -2.30. The highest BCUT2D eigenvalue weighted by Gasteiger charge is 2.31. The van der Waals surface area contributed by atoms with E-state index in [1.165, 1.54) is 23.1 Å². The quantitative estimate of drug-likeness (QED) is 0.0623. The lowest BCUT2D eigenvalue weighted by molar-refractivity contribution is -0.116. The van der Waals surface area contributed by atoms with Crippen molar-refractivity contribution in [1.29, 1.82) is 0 Å². The summed E-state index contributed by atoms with van der Waals surface area (Å²) >= 11 is 2.77. The van der Waals surface area contributed by atoms with Crippen molar-refractivity contribution in [2.75, 3.05) is 24.4 Å². The Kier molecular flexibility index (Phi) is 12.6. The summed E-state index contributed by atoms with van der Waals surface area (Å²) in [6.45, 7) is 4.21. The molecule has 0 fully saturated rings. The topological polar surface area (TPSA) is 123 Å². The van der Waals surface area contributed by atoms with E-state index < -0.39 is 23.0 Å². The first-order chi connectivity index (χ1) is 26.2. The number of hydrogen-bond donors (Lipinski definition) is 3. The second kappa shape index (κ2) is 17.9. The molecule has 6 rings (SSSR count). The van der Waals surface area contributed by atoms with Gasteiger partial charge >= 0.3 is 5.97 Å². The normalized spacial score (nSPS) is 14.3. The van der Waals surface area contributed by atoms with E-state index in [2.05, 4.69) is 22.9 Å². The molecular formula is C43H41N3O6S2. The van der Waals surface area contributed by atoms with Crippen molar-refractivity contribution < 1.29 is 28.7 Å². The third-order valence-corrected chi connectivity index (χ3v) is 11.3. The highest BCUT2D eigenvalue weighted by molar-refractivity contribution is 8.00. The Morgan fingerprint density at radius 2 is 1.65 bits per heavy atom. The summed E-state index contributed by atoms with van der Waals surface area (Å²) in [5.41, 5.74) is 3.75. The summed E-state index contributed by atoms with van der Waals surface area (Å²) in [6.07, 6.45) is 4.17. The first-order valence-corrected chi connectivity index (χ1v) is 19.4. The molecule has 3 N–H and O–H groups in total. The number of carbonyl (C=O) groups excluding carboxylic acids is 4. The number of ether oxygens (including phenoxy) is 2. The third kappa shape index (κ3) is 9.47. The van der Waals surface area contributed by atoms with Gasteiger partial charge in [-0.05, 0) is 97.3 Å². The second-order valence-electron chi connectivity index (χ2n) is 12.8. The maximum absolute atomic E-state index is 14.2. The summed E-state index contributed by atoms with van der Waals surface area (Å²) in [4.78, 5) is 56.2. The van der Waals surface area contributed by atoms with E-state index in [4.69, 9.17) is 9.47 Å². The van der Waals surface area contributed by atoms with Crippen LogP contribution in [-0.4, -0.2) is 37.4 Å². The van der Waals surface area contributed by atoms with Crippen LogP contribution >= 0.6 is 23.1 Å². The minimum absolute atomic E-state index is 0.0298. The zero-order valence-corrected chi connectivity index (χ0v) is 31.9. The summed E-state index contributed by atoms with van der Waals surface area (Å²) in [6, 6.07) is 32.4. The van der Waals surface area contributed by atoms with Gasteiger partial charge in [-0.3, -0.25) is 14.4 Å². The van der Waals surface area contributed by atoms with Crippen LogP contribution in [0, 0.1) is 5.92 Å². The number of rotatable bonds is 13. The van der Waals surface area contributed by atoms with Crippen molar-refractivity contribution in [1.82, 2.24) is 5.32 Å². The van der Waals surface area contributed by atoms with Crippen LogP contribution in [0.1, 0.15) is 67.8 Å². The summed E-state index contributed by atoms with van der Waals surface area (Å²) in [7, 11) is 1.56. The lowest BCUT2D eigenvalue weighted by Gasteiger charge is -2.19. The fraction of sp³-hybridized carbons (Fsp3) is 0.209. The fourth-order valence-electron chi connectivity index (χ4n) is 6.16. The van der Waals surface area contributed by atoms with Crippen LogP contribution in [-0.2, 0) is 27.2 Å². The van der Waals surface area contributed by atoms with Gasteiger partial charge in [0.05, 0.1) is 19.3 Å². The molecule has 3 amide bonds. The molecule has 2 atom stereocenters. The number of fused-ring (bicyclic) bond motifs is 1. The van der Waals surface area contributed by atoms with Crippen LogP contribution < -0.4 is 20.7 Å². The van der Waals surface area contributed by atoms with Gasteiger partial charge in [-0.1, -0.05) is 73.7 Å². The van der Waals surface area contributed by atoms with Gasteiger partial charge in [-0.25, -0.2) is 4.79 Å². The predicted octanol–water partition coefficient (Wildman–Crippen LogP) is 8.94. The number of nitrogens with one attached hydrogen (secondary N) is 3. The third-order valence-electron chi connectivity index (χ3n) is 8.85. The Morgan fingerprint density at radius 1 is 0.907 bits per heavy atom. The summed E-state index contributed by atoms with van der Waals surface area (Å²) in [5, 5.41) is 8.59. The van der Waals surface area contributed by atoms with Gasteiger partial charge in [0.15, 0.2) is 0 Å². The van der Waals surface area contributed by atoms with Crippen molar-refractivity contribution in [3.8, 4) is 5.75 Å². The molecular weight excluding hydrogens is 719 g/mol. The van der Waals surface area contributed by atoms with Crippen molar-refractivity contribution in [3.05, 3.63) is 148 Å². The molecule has 0 saturated heterocycles. The Labute approximate surface area is 323 Å². The first kappa shape index (κ1) is 38.1. The Hall–Kier alpha value is -5.65. The monoisotopic (exact) mass is 759 g/mol. The van der Waals surface area contributed by atoms with E-state index >= 15 is 0 Å². The highest BCUT2D eigenvalue weighted by atomic mass is 32.2. The molecule has 0 aliphatic heterocycles. The minimum atomic E-state index is -0.695. The van der Waals surface area contributed by atoms with Crippen molar-refractivity contribution >= 4 is 63.6 Å². The molecule has 1 aliphatic carbocycles. The molecule has 0 radical (unpaired) electrons. The lowest BCUT2D eigenvalue weighted by atomic mass is 9.88. The Balaban J connectivity index is 1.25. The molecule has 9 nitrogen and oxygen atoms in total. The number of carbonyl (C=O) groups is 4. The van der Waals surface area contributed by atoms with E-state index in [9.17, 15) is 19.2 Å². The first-order valence-electron chi connectivity index (χ1n) is 17.7. The van der Waals surface area contributed by atoms with Crippen LogP contribution in [0.25, 0.3) is 6.08 Å². The Bertz CT molecular complexity index is 2170. The van der Waals surface area contributed by atoms with Gasteiger partial charge in [-0.15, -0.1) is 23.1 Å². The molecule has 5 aromatic rings. The van der Waals surface area contributed by atoms with Gasteiger partial charge in [0, 0.05) is 21.0 Å². The maximum Gasteiger partial charge on any atom is 0.341 e. The predicted molar refractivity (Wildman–Crippen MR) is 215 cm³/mol. The van der Waals surface area contributed by atoms with Crippen LogP contribution in [0.3, 0.4) is 0 Å². The molecule has 0 bridgehead atoms. The molecule has 1 aromatic heterocycles. The average Bonchev–Trinajstić information content (AvgIpc) is 3.54. The molecule has 276 valence electrons. The maximum atomic E-state index is 14.2. The van der Waals surface area contributed by atoms with Crippen LogP contribution in [0.2, 0.25) is 0 Å². The van der Waals surface area contributed by atoms with Gasteiger partial charge < -0.3 is 25.4 Å². The van der Waals surface area contributed by atoms with Crippen LogP contribution in [0.15, 0.2) is 120 Å². The number of amides is 3.